The lowest BCUT2D eigenvalue weighted by Crippen LogP contribution is -2.37. The van der Waals surface area contributed by atoms with Crippen LogP contribution in [-0.4, -0.2) is 31.1 Å². The second-order valence-corrected chi connectivity index (χ2v) is 6.43. The minimum Gasteiger partial charge on any atom is -0.313 e. The van der Waals surface area contributed by atoms with Gasteiger partial charge >= 0.3 is 0 Å². The lowest BCUT2D eigenvalue weighted by atomic mass is 9.95. The summed E-state index contributed by atoms with van der Waals surface area (Å²) in [6.45, 7) is 4.42. The van der Waals surface area contributed by atoms with Crippen LogP contribution in [0.15, 0.2) is 24.3 Å². The van der Waals surface area contributed by atoms with Crippen LogP contribution in [0, 0.1) is 0 Å². The van der Waals surface area contributed by atoms with Crippen LogP contribution in [0.25, 0.3) is 0 Å². The molecule has 1 saturated carbocycles. The Morgan fingerprint density at radius 1 is 1.20 bits per heavy atom. The fourth-order valence-electron chi connectivity index (χ4n) is 2.94. The first-order valence-electron chi connectivity index (χ1n) is 7.86. The van der Waals surface area contributed by atoms with Crippen molar-refractivity contribution in [3.05, 3.63) is 34.9 Å². The molecule has 0 spiro atoms. The Morgan fingerprint density at radius 3 is 2.50 bits per heavy atom. The first-order valence-corrected chi connectivity index (χ1v) is 8.23. The second kappa shape index (κ2) is 8.02. The first-order chi connectivity index (χ1) is 9.66. The molecular formula is C17H27ClN2. The monoisotopic (exact) mass is 294 g/mol. The van der Waals surface area contributed by atoms with Gasteiger partial charge < -0.3 is 5.32 Å². The number of rotatable bonds is 6. The van der Waals surface area contributed by atoms with Crippen molar-refractivity contribution in [1.82, 2.24) is 10.2 Å². The normalized spacial score (nSPS) is 18.4. The molecule has 0 bridgehead atoms. The van der Waals surface area contributed by atoms with Gasteiger partial charge in [-0.2, -0.15) is 0 Å². The van der Waals surface area contributed by atoms with Crippen molar-refractivity contribution in [1.29, 1.82) is 0 Å². The zero-order valence-electron chi connectivity index (χ0n) is 12.7. The molecule has 20 heavy (non-hydrogen) atoms. The Balaban J connectivity index is 1.73. The molecular weight excluding hydrogens is 268 g/mol. The Morgan fingerprint density at radius 2 is 1.85 bits per heavy atom. The molecule has 2 nitrogen and oxygen atoms in total. The third-order valence-corrected chi connectivity index (χ3v) is 4.77. The van der Waals surface area contributed by atoms with Crippen molar-refractivity contribution in [2.45, 2.75) is 51.1 Å². The number of likely N-dealkylation sites (N-methyl/N-ethyl adjacent to an activating group) is 1. The Kier molecular flexibility index (Phi) is 6.34. The largest absolute Gasteiger partial charge is 0.313 e. The molecule has 0 saturated heterocycles. The molecule has 2 rings (SSSR count). The van der Waals surface area contributed by atoms with Gasteiger partial charge in [0, 0.05) is 30.2 Å². The van der Waals surface area contributed by atoms with Crippen LogP contribution in [0.1, 0.15) is 50.6 Å². The van der Waals surface area contributed by atoms with Crippen LogP contribution in [0.3, 0.4) is 0 Å². The number of nitrogens with one attached hydrogen (secondary N) is 1. The van der Waals surface area contributed by atoms with Gasteiger partial charge in [-0.05, 0) is 44.5 Å². The number of halogens is 1. The maximum Gasteiger partial charge on any atom is 0.0406 e. The molecule has 1 aromatic carbocycles. The molecule has 1 aromatic rings. The Bertz CT molecular complexity index is 384. The van der Waals surface area contributed by atoms with E-state index in [9.17, 15) is 0 Å². The molecule has 1 aliphatic carbocycles. The summed E-state index contributed by atoms with van der Waals surface area (Å²) in [5, 5.41) is 4.51. The molecule has 1 unspecified atom stereocenters. The maximum absolute atomic E-state index is 5.94. The lowest BCUT2D eigenvalue weighted by molar-refractivity contribution is 0.251. The second-order valence-electron chi connectivity index (χ2n) is 6.00. The standard InChI is InChI=1S/C17H27ClN2/c1-14(15-8-10-16(18)11-9-15)20(2)13-12-19-17-6-4-3-5-7-17/h8-11,14,17,19H,3-7,12-13H2,1-2H3. The molecule has 112 valence electrons. The van der Waals surface area contributed by atoms with E-state index in [0.717, 1.165) is 24.2 Å². The maximum atomic E-state index is 5.94. The molecule has 0 aliphatic heterocycles. The third-order valence-electron chi connectivity index (χ3n) is 4.52. The Hall–Kier alpha value is -0.570. The van der Waals surface area contributed by atoms with E-state index in [4.69, 9.17) is 11.6 Å². The van der Waals surface area contributed by atoms with E-state index in [1.165, 1.54) is 37.7 Å². The summed E-state index contributed by atoms with van der Waals surface area (Å²) in [5.74, 6) is 0. The van der Waals surface area contributed by atoms with Crippen molar-refractivity contribution in [3.8, 4) is 0 Å². The third kappa shape index (κ3) is 4.76. The summed E-state index contributed by atoms with van der Waals surface area (Å²) >= 11 is 5.94. The zero-order valence-corrected chi connectivity index (χ0v) is 13.5. The minimum atomic E-state index is 0.431. The molecule has 1 aliphatic rings. The van der Waals surface area contributed by atoms with E-state index >= 15 is 0 Å². The number of benzene rings is 1. The highest BCUT2D eigenvalue weighted by Crippen LogP contribution is 2.21. The van der Waals surface area contributed by atoms with Gasteiger partial charge in [-0.25, -0.2) is 0 Å². The fourth-order valence-corrected chi connectivity index (χ4v) is 3.07. The predicted octanol–water partition coefficient (Wildman–Crippen LogP) is 4.26. The highest BCUT2D eigenvalue weighted by molar-refractivity contribution is 6.30. The van der Waals surface area contributed by atoms with Crippen LogP contribution >= 0.6 is 11.6 Å². The van der Waals surface area contributed by atoms with E-state index in [-0.39, 0.29) is 0 Å². The van der Waals surface area contributed by atoms with Crippen LogP contribution in [0.2, 0.25) is 5.02 Å². The molecule has 1 atom stereocenters. The summed E-state index contributed by atoms with van der Waals surface area (Å²) in [5.41, 5.74) is 1.33. The summed E-state index contributed by atoms with van der Waals surface area (Å²) in [6.07, 6.45) is 6.93. The smallest absolute Gasteiger partial charge is 0.0406 e. The van der Waals surface area contributed by atoms with Gasteiger partial charge in [0.2, 0.25) is 0 Å². The summed E-state index contributed by atoms with van der Waals surface area (Å²) in [7, 11) is 2.20. The quantitative estimate of drug-likeness (QED) is 0.843. The molecule has 0 heterocycles. The predicted molar refractivity (Wildman–Crippen MR) is 87.4 cm³/mol. The van der Waals surface area contributed by atoms with Gasteiger partial charge in [-0.15, -0.1) is 0 Å². The van der Waals surface area contributed by atoms with E-state index in [1.807, 2.05) is 12.1 Å². The van der Waals surface area contributed by atoms with Gasteiger partial charge in [0.1, 0.15) is 0 Å². The molecule has 0 amide bonds. The topological polar surface area (TPSA) is 15.3 Å². The molecule has 1 N–H and O–H groups in total. The van der Waals surface area contributed by atoms with E-state index in [0.29, 0.717) is 6.04 Å². The summed E-state index contributed by atoms with van der Waals surface area (Å²) in [6, 6.07) is 9.38. The molecule has 0 radical (unpaired) electrons. The first kappa shape index (κ1) is 15.8. The van der Waals surface area contributed by atoms with Crippen LogP contribution in [0.5, 0.6) is 0 Å². The van der Waals surface area contributed by atoms with Gasteiger partial charge in [-0.3, -0.25) is 4.90 Å². The number of nitrogens with zero attached hydrogens (tertiary/aromatic N) is 1. The molecule has 3 heteroatoms. The van der Waals surface area contributed by atoms with E-state index in [1.54, 1.807) is 0 Å². The molecule has 1 fully saturated rings. The SMILES string of the molecule is CC(c1ccc(Cl)cc1)N(C)CCNC1CCCCC1. The zero-order chi connectivity index (χ0) is 14.4. The van der Waals surface area contributed by atoms with E-state index in [2.05, 4.69) is 36.3 Å². The van der Waals surface area contributed by atoms with Crippen LogP contribution in [-0.2, 0) is 0 Å². The van der Waals surface area contributed by atoms with Crippen molar-refractivity contribution in [3.63, 3.8) is 0 Å². The average Bonchev–Trinajstić information content (AvgIpc) is 2.48. The van der Waals surface area contributed by atoms with Crippen LogP contribution in [0.4, 0.5) is 0 Å². The van der Waals surface area contributed by atoms with Gasteiger partial charge in [-0.1, -0.05) is 43.0 Å². The summed E-state index contributed by atoms with van der Waals surface area (Å²) in [4.78, 5) is 2.40. The summed E-state index contributed by atoms with van der Waals surface area (Å²) < 4.78 is 0. The fraction of sp³-hybridized carbons (Fsp3) is 0.647. The van der Waals surface area contributed by atoms with E-state index < -0.39 is 0 Å². The highest BCUT2D eigenvalue weighted by Gasteiger charge is 2.14. The van der Waals surface area contributed by atoms with Gasteiger partial charge in [0.15, 0.2) is 0 Å². The lowest BCUT2D eigenvalue weighted by Gasteiger charge is -2.28. The van der Waals surface area contributed by atoms with Gasteiger partial charge in [0.05, 0.1) is 0 Å². The number of hydrogen-bond donors (Lipinski definition) is 1. The highest BCUT2D eigenvalue weighted by atomic mass is 35.5. The van der Waals surface area contributed by atoms with Gasteiger partial charge in [0.25, 0.3) is 0 Å². The Labute approximate surface area is 128 Å². The van der Waals surface area contributed by atoms with Crippen molar-refractivity contribution in [2.24, 2.45) is 0 Å². The number of hydrogen-bond acceptors (Lipinski definition) is 2. The van der Waals surface area contributed by atoms with Crippen molar-refractivity contribution >= 4 is 11.6 Å². The average molecular weight is 295 g/mol. The minimum absolute atomic E-state index is 0.431. The van der Waals surface area contributed by atoms with Crippen LogP contribution < -0.4 is 5.32 Å². The van der Waals surface area contributed by atoms with Crippen molar-refractivity contribution in [2.75, 3.05) is 20.1 Å². The molecule has 0 aromatic heterocycles. The van der Waals surface area contributed by atoms with Crippen molar-refractivity contribution < 1.29 is 0 Å².